The van der Waals surface area contributed by atoms with Crippen LogP contribution in [0.4, 0.5) is 9.18 Å². The number of hydrogen-bond acceptors (Lipinski definition) is 2. The lowest BCUT2D eigenvalue weighted by Gasteiger charge is -2.23. The minimum absolute atomic E-state index is 0.192. The van der Waals surface area contributed by atoms with Gasteiger partial charge < -0.3 is 4.74 Å². The van der Waals surface area contributed by atoms with Crippen LogP contribution in [0, 0.1) is 18.2 Å². The van der Waals surface area contributed by atoms with E-state index < -0.39 is 12.1 Å². The Bertz CT molecular complexity index is 677. The summed E-state index contributed by atoms with van der Waals surface area (Å²) in [5.74, 6) is 2.27. The van der Waals surface area contributed by atoms with Gasteiger partial charge in [0, 0.05) is 13.5 Å². The van der Waals surface area contributed by atoms with Gasteiger partial charge in [0.05, 0.1) is 6.04 Å². The van der Waals surface area contributed by atoms with Crippen molar-refractivity contribution >= 4 is 6.09 Å². The van der Waals surface area contributed by atoms with Crippen LogP contribution >= 0.6 is 0 Å². The number of carbonyl (C=O) groups is 1. The predicted molar refractivity (Wildman–Crippen MR) is 87.1 cm³/mol. The Labute approximate surface area is 135 Å². The number of hydrogen-bond donors (Lipinski definition) is 0. The largest absolute Gasteiger partial charge is 0.445 e. The van der Waals surface area contributed by atoms with E-state index in [0.717, 1.165) is 11.1 Å². The van der Waals surface area contributed by atoms with Crippen LogP contribution in [0.2, 0.25) is 0 Å². The molecule has 2 aromatic rings. The van der Waals surface area contributed by atoms with Gasteiger partial charge in [0.2, 0.25) is 0 Å². The summed E-state index contributed by atoms with van der Waals surface area (Å²) in [5, 5.41) is 0. The number of amides is 1. The molecule has 1 unspecified atom stereocenters. The second-order valence-corrected chi connectivity index (χ2v) is 5.16. The van der Waals surface area contributed by atoms with Crippen molar-refractivity contribution in [1.29, 1.82) is 0 Å². The van der Waals surface area contributed by atoms with Crippen LogP contribution in [0.1, 0.15) is 11.1 Å². The number of halogens is 1. The molecule has 1 atom stereocenters. The van der Waals surface area contributed by atoms with Crippen molar-refractivity contribution in [2.75, 3.05) is 7.05 Å². The number of rotatable bonds is 5. The molecule has 0 heterocycles. The molecule has 23 heavy (non-hydrogen) atoms. The van der Waals surface area contributed by atoms with E-state index in [4.69, 9.17) is 11.2 Å². The Morgan fingerprint density at radius 2 is 1.83 bits per heavy atom. The molecule has 0 saturated heterocycles. The van der Waals surface area contributed by atoms with E-state index in [1.54, 1.807) is 19.2 Å². The van der Waals surface area contributed by atoms with Gasteiger partial charge in [-0.1, -0.05) is 48.4 Å². The molecule has 0 radical (unpaired) electrons. The third-order valence-corrected chi connectivity index (χ3v) is 3.50. The molecule has 2 rings (SSSR count). The summed E-state index contributed by atoms with van der Waals surface area (Å²) >= 11 is 0. The minimum Gasteiger partial charge on any atom is -0.445 e. The topological polar surface area (TPSA) is 29.5 Å². The average molecular weight is 311 g/mol. The number of nitrogens with zero attached hydrogens (tertiary/aromatic N) is 1. The fraction of sp³-hybridized carbons (Fsp3) is 0.211. The molecule has 0 aromatic heterocycles. The summed E-state index contributed by atoms with van der Waals surface area (Å²) in [6.07, 6.45) is 5.47. The molecule has 0 aliphatic heterocycles. The number of likely N-dealkylation sites (N-methyl/N-ethyl adjacent to an activating group) is 1. The normalized spacial score (nSPS) is 11.3. The first-order chi connectivity index (χ1) is 11.1. The third kappa shape index (κ3) is 4.86. The SMILES string of the molecule is C#CC(Cc1ccc(F)cc1)N(C)C(=O)OCc1ccccc1. The zero-order chi connectivity index (χ0) is 16.7. The highest BCUT2D eigenvalue weighted by Gasteiger charge is 2.19. The highest BCUT2D eigenvalue weighted by Crippen LogP contribution is 2.11. The van der Waals surface area contributed by atoms with Crippen molar-refractivity contribution < 1.29 is 13.9 Å². The molecule has 0 saturated carbocycles. The average Bonchev–Trinajstić information content (AvgIpc) is 2.59. The molecule has 3 nitrogen and oxygen atoms in total. The predicted octanol–water partition coefficient (Wildman–Crippen LogP) is 3.64. The summed E-state index contributed by atoms with van der Waals surface area (Å²) < 4.78 is 18.2. The molecule has 0 bridgehead atoms. The van der Waals surface area contributed by atoms with Gasteiger partial charge in [-0.05, 0) is 23.3 Å². The van der Waals surface area contributed by atoms with Gasteiger partial charge in [-0.2, -0.15) is 0 Å². The highest BCUT2D eigenvalue weighted by atomic mass is 19.1. The molecule has 4 heteroatoms. The second-order valence-electron chi connectivity index (χ2n) is 5.16. The Morgan fingerprint density at radius 1 is 1.17 bits per heavy atom. The molecule has 0 spiro atoms. The van der Waals surface area contributed by atoms with E-state index in [9.17, 15) is 9.18 Å². The molecule has 2 aromatic carbocycles. The van der Waals surface area contributed by atoms with Crippen LogP contribution in [0.3, 0.4) is 0 Å². The third-order valence-electron chi connectivity index (χ3n) is 3.50. The number of benzene rings is 2. The summed E-state index contributed by atoms with van der Waals surface area (Å²) in [6.45, 7) is 0.192. The van der Waals surface area contributed by atoms with Crippen molar-refractivity contribution in [1.82, 2.24) is 4.90 Å². The molecular weight excluding hydrogens is 293 g/mol. The van der Waals surface area contributed by atoms with Gasteiger partial charge in [-0.25, -0.2) is 9.18 Å². The van der Waals surface area contributed by atoms with Gasteiger partial charge in [0.25, 0.3) is 0 Å². The maximum atomic E-state index is 12.9. The summed E-state index contributed by atoms with van der Waals surface area (Å²) in [4.78, 5) is 13.5. The summed E-state index contributed by atoms with van der Waals surface area (Å²) in [6, 6.07) is 15.0. The van der Waals surface area contributed by atoms with Gasteiger partial charge in [0.1, 0.15) is 12.4 Å². The summed E-state index contributed by atoms with van der Waals surface area (Å²) in [5.41, 5.74) is 1.77. The van der Waals surface area contributed by atoms with Crippen molar-refractivity contribution in [2.45, 2.75) is 19.1 Å². The lowest BCUT2D eigenvalue weighted by molar-refractivity contribution is 0.0982. The molecule has 118 valence electrons. The minimum atomic E-state index is -0.487. The lowest BCUT2D eigenvalue weighted by Crippen LogP contribution is -2.37. The molecule has 0 fully saturated rings. The van der Waals surface area contributed by atoms with E-state index in [1.165, 1.54) is 17.0 Å². The lowest BCUT2D eigenvalue weighted by atomic mass is 10.1. The molecule has 0 aliphatic carbocycles. The quantitative estimate of drug-likeness (QED) is 0.789. The smallest absolute Gasteiger partial charge is 0.410 e. The number of terminal acetylenes is 1. The van der Waals surface area contributed by atoms with Crippen molar-refractivity contribution in [3.05, 3.63) is 71.5 Å². The van der Waals surface area contributed by atoms with Crippen LogP contribution in [0.15, 0.2) is 54.6 Å². The highest BCUT2D eigenvalue weighted by molar-refractivity contribution is 5.68. The van der Waals surface area contributed by atoms with Gasteiger partial charge in [0.15, 0.2) is 0 Å². The molecule has 1 amide bonds. The zero-order valence-electron chi connectivity index (χ0n) is 12.9. The van der Waals surface area contributed by atoms with Crippen LogP contribution in [-0.2, 0) is 17.8 Å². The van der Waals surface area contributed by atoms with Crippen molar-refractivity contribution in [3.63, 3.8) is 0 Å². The van der Waals surface area contributed by atoms with Crippen molar-refractivity contribution in [2.24, 2.45) is 0 Å². The Hall–Kier alpha value is -2.80. The van der Waals surface area contributed by atoms with E-state index >= 15 is 0 Å². The number of carbonyl (C=O) groups excluding carboxylic acids is 1. The van der Waals surface area contributed by atoms with Gasteiger partial charge >= 0.3 is 6.09 Å². The van der Waals surface area contributed by atoms with Crippen LogP contribution in [0.25, 0.3) is 0 Å². The maximum Gasteiger partial charge on any atom is 0.410 e. The van der Waals surface area contributed by atoms with E-state index in [1.807, 2.05) is 30.3 Å². The fourth-order valence-corrected chi connectivity index (χ4v) is 2.10. The zero-order valence-corrected chi connectivity index (χ0v) is 12.9. The Morgan fingerprint density at radius 3 is 2.43 bits per heavy atom. The van der Waals surface area contributed by atoms with Crippen LogP contribution < -0.4 is 0 Å². The standard InChI is InChI=1S/C19H18FNO2/c1-3-18(13-15-9-11-17(20)12-10-15)21(2)19(22)23-14-16-7-5-4-6-8-16/h1,4-12,18H,13-14H2,2H3. The van der Waals surface area contributed by atoms with Crippen molar-refractivity contribution in [3.8, 4) is 12.3 Å². The first kappa shape index (κ1) is 16.6. The van der Waals surface area contributed by atoms with Crippen LogP contribution in [-0.4, -0.2) is 24.1 Å². The van der Waals surface area contributed by atoms with E-state index in [0.29, 0.717) is 6.42 Å². The summed E-state index contributed by atoms with van der Waals surface area (Å²) in [7, 11) is 1.60. The van der Waals surface area contributed by atoms with E-state index in [-0.39, 0.29) is 12.4 Å². The number of ether oxygens (including phenoxy) is 1. The molecular formula is C19H18FNO2. The fourth-order valence-electron chi connectivity index (χ4n) is 2.10. The monoisotopic (exact) mass is 311 g/mol. The Kier molecular flexibility index (Phi) is 5.76. The second kappa shape index (κ2) is 8.00. The molecule has 0 aliphatic rings. The van der Waals surface area contributed by atoms with Gasteiger partial charge in [-0.15, -0.1) is 6.42 Å². The Balaban J connectivity index is 1.93. The first-order valence-electron chi connectivity index (χ1n) is 7.24. The molecule has 0 N–H and O–H groups in total. The van der Waals surface area contributed by atoms with E-state index in [2.05, 4.69) is 5.92 Å². The first-order valence-corrected chi connectivity index (χ1v) is 7.24. The van der Waals surface area contributed by atoms with Gasteiger partial charge in [-0.3, -0.25) is 4.90 Å². The van der Waals surface area contributed by atoms with Crippen LogP contribution in [0.5, 0.6) is 0 Å². The maximum absolute atomic E-state index is 12.9.